The fourth-order valence-electron chi connectivity index (χ4n) is 3.22. The van der Waals surface area contributed by atoms with Gasteiger partial charge in [0.15, 0.2) is 0 Å². The van der Waals surface area contributed by atoms with Crippen molar-refractivity contribution in [3.63, 3.8) is 0 Å². The van der Waals surface area contributed by atoms with Gasteiger partial charge >= 0.3 is 0 Å². The number of rotatable bonds is 3. The van der Waals surface area contributed by atoms with Crippen LogP contribution in [0.2, 0.25) is 0 Å². The van der Waals surface area contributed by atoms with Crippen LogP contribution in [0.1, 0.15) is 70.6 Å². The highest BCUT2D eigenvalue weighted by Crippen LogP contribution is 2.48. The van der Waals surface area contributed by atoms with E-state index in [0.717, 1.165) is 17.7 Å². The minimum atomic E-state index is 0.313. The second kappa shape index (κ2) is 4.94. The highest BCUT2D eigenvalue weighted by atomic mass is 16.5. The number of nitrogen functional groups attached to an aromatic ring is 1. The Morgan fingerprint density at radius 3 is 2.72 bits per heavy atom. The highest BCUT2D eigenvalue weighted by Gasteiger charge is 2.37. The minimum Gasteiger partial charge on any atom is -0.367 e. The van der Waals surface area contributed by atoms with Crippen molar-refractivity contribution in [2.75, 3.05) is 5.73 Å². The number of nitrogens with zero attached hydrogens (tertiary/aromatic N) is 1. The molecule has 0 bridgehead atoms. The third kappa shape index (κ3) is 2.55. The molecule has 1 unspecified atom stereocenters. The maximum atomic E-state index is 5.96. The third-order valence-corrected chi connectivity index (χ3v) is 4.30. The summed E-state index contributed by atoms with van der Waals surface area (Å²) in [5.41, 5.74) is 8.56. The van der Waals surface area contributed by atoms with Crippen LogP contribution in [0.15, 0.2) is 4.52 Å². The molecule has 1 aliphatic carbocycles. The predicted molar refractivity (Wildman–Crippen MR) is 74.4 cm³/mol. The molecule has 1 fully saturated rings. The van der Waals surface area contributed by atoms with E-state index in [1.807, 2.05) is 0 Å². The Labute approximate surface area is 110 Å². The quantitative estimate of drug-likeness (QED) is 0.877. The van der Waals surface area contributed by atoms with E-state index in [2.05, 4.69) is 32.9 Å². The lowest BCUT2D eigenvalue weighted by Crippen LogP contribution is -2.27. The lowest BCUT2D eigenvalue weighted by Gasteiger charge is -2.38. The molecule has 102 valence electrons. The molecule has 1 saturated carbocycles. The molecule has 2 N–H and O–H groups in total. The fourth-order valence-corrected chi connectivity index (χ4v) is 3.22. The molecule has 1 aromatic heterocycles. The summed E-state index contributed by atoms with van der Waals surface area (Å²) in [6.07, 6.45) is 6.07. The van der Waals surface area contributed by atoms with E-state index >= 15 is 0 Å². The largest absolute Gasteiger partial charge is 0.367 e. The molecule has 0 aromatic carbocycles. The zero-order chi connectivity index (χ0) is 13.3. The van der Waals surface area contributed by atoms with Crippen LogP contribution in [0.5, 0.6) is 0 Å². The molecule has 1 aromatic rings. The van der Waals surface area contributed by atoms with E-state index in [4.69, 9.17) is 10.3 Å². The number of aromatic nitrogens is 1. The standard InChI is InChI=1S/C15H26N2O/c1-10(2)9-11-13(17-18-14(11)16)12-7-5-6-8-15(12,3)4/h10,12H,5-9,16H2,1-4H3. The van der Waals surface area contributed by atoms with Crippen LogP contribution in [0.4, 0.5) is 5.88 Å². The van der Waals surface area contributed by atoms with Crippen LogP contribution in [-0.2, 0) is 6.42 Å². The summed E-state index contributed by atoms with van der Waals surface area (Å²) >= 11 is 0. The maximum Gasteiger partial charge on any atom is 0.225 e. The van der Waals surface area contributed by atoms with Crippen LogP contribution in [0.3, 0.4) is 0 Å². The summed E-state index contributed by atoms with van der Waals surface area (Å²) in [6.45, 7) is 9.12. The first-order valence-corrected chi connectivity index (χ1v) is 7.15. The molecule has 0 saturated heterocycles. The minimum absolute atomic E-state index is 0.313. The van der Waals surface area contributed by atoms with Gasteiger partial charge in [0.05, 0.1) is 5.69 Å². The molecule has 2 rings (SSSR count). The van der Waals surface area contributed by atoms with Crippen LogP contribution in [0.25, 0.3) is 0 Å². The van der Waals surface area contributed by atoms with Gasteiger partial charge in [-0.05, 0) is 30.6 Å². The Bertz CT molecular complexity index is 407. The Morgan fingerprint density at radius 2 is 2.11 bits per heavy atom. The van der Waals surface area contributed by atoms with Crippen molar-refractivity contribution >= 4 is 5.88 Å². The summed E-state index contributed by atoms with van der Waals surface area (Å²) in [4.78, 5) is 0. The second-order valence-electron chi connectivity index (χ2n) is 6.80. The second-order valence-corrected chi connectivity index (χ2v) is 6.80. The Balaban J connectivity index is 2.32. The molecular weight excluding hydrogens is 224 g/mol. The zero-order valence-corrected chi connectivity index (χ0v) is 12.1. The van der Waals surface area contributed by atoms with E-state index in [1.165, 1.54) is 25.7 Å². The number of hydrogen-bond donors (Lipinski definition) is 1. The molecule has 1 atom stereocenters. The van der Waals surface area contributed by atoms with E-state index in [1.54, 1.807) is 0 Å². The number of anilines is 1. The lowest BCUT2D eigenvalue weighted by atomic mass is 9.67. The van der Waals surface area contributed by atoms with Gasteiger partial charge in [-0.25, -0.2) is 0 Å². The number of hydrogen-bond acceptors (Lipinski definition) is 3. The lowest BCUT2D eigenvalue weighted by molar-refractivity contribution is 0.191. The molecular formula is C15H26N2O. The van der Waals surface area contributed by atoms with E-state index in [0.29, 0.717) is 23.1 Å². The predicted octanol–water partition coefficient (Wildman–Crippen LogP) is 4.14. The monoisotopic (exact) mass is 250 g/mol. The molecule has 3 heteroatoms. The van der Waals surface area contributed by atoms with Gasteiger partial charge < -0.3 is 10.3 Å². The third-order valence-electron chi connectivity index (χ3n) is 4.30. The fraction of sp³-hybridized carbons (Fsp3) is 0.800. The summed E-state index contributed by atoms with van der Waals surface area (Å²) in [7, 11) is 0. The van der Waals surface area contributed by atoms with Crippen molar-refractivity contribution in [1.29, 1.82) is 0 Å². The Kier molecular flexibility index (Phi) is 3.69. The molecule has 0 amide bonds. The van der Waals surface area contributed by atoms with Crippen molar-refractivity contribution in [2.45, 2.75) is 65.7 Å². The number of nitrogens with two attached hydrogens (primary N) is 1. The van der Waals surface area contributed by atoms with E-state index in [9.17, 15) is 0 Å². The summed E-state index contributed by atoms with van der Waals surface area (Å²) in [5, 5.41) is 4.29. The van der Waals surface area contributed by atoms with Gasteiger partial charge in [0, 0.05) is 11.5 Å². The van der Waals surface area contributed by atoms with Crippen molar-refractivity contribution in [1.82, 2.24) is 5.16 Å². The Hall–Kier alpha value is -0.990. The van der Waals surface area contributed by atoms with Gasteiger partial charge in [0.25, 0.3) is 0 Å². The SMILES string of the molecule is CC(C)Cc1c(C2CCCCC2(C)C)noc1N. The van der Waals surface area contributed by atoms with Gasteiger partial charge in [-0.1, -0.05) is 45.7 Å². The Morgan fingerprint density at radius 1 is 1.39 bits per heavy atom. The van der Waals surface area contributed by atoms with Crippen molar-refractivity contribution in [3.05, 3.63) is 11.3 Å². The first-order chi connectivity index (χ1) is 8.42. The topological polar surface area (TPSA) is 52.0 Å². The van der Waals surface area contributed by atoms with Gasteiger partial charge in [0.2, 0.25) is 5.88 Å². The average molecular weight is 250 g/mol. The molecule has 0 radical (unpaired) electrons. The molecule has 1 aliphatic rings. The molecule has 18 heavy (non-hydrogen) atoms. The summed E-state index contributed by atoms with van der Waals surface area (Å²) in [5.74, 6) is 1.61. The average Bonchev–Trinajstić information content (AvgIpc) is 2.60. The van der Waals surface area contributed by atoms with Gasteiger partial charge in [0.1, 0.15) is 0 Å². The van der Waals surface area contributed by atoms with Crippen molar-refractivity contribution in [2.24, 2.45) is 11.3 Å². The van der Waals surface area contributed by atoms with Crippen LogP contribution in [-0.4, -0.2) is 5.16 Å². The van der Waals surface area contributed by atoms with Gasteiger partial charge in [-0.3, -0.25) is 0 Å². The van der Waals surface area contributed by atoms with E-state index in [-0.39, 0.29) is 0 Å². The van der Waals surface area contributed by atoms with Crippen LogP contribution < -0.4 is 5.73 Å². The first-order valence-electron chi connectivity index (χ1n) is 7.15. The van der Waals surface area contributed by atoms with Crippen LogP contribution >= 0.6 is 0 Å². The molecule has 1 heterocycles. The summed E-state index contributed by atoms with van der Waals surface area (Å²) < 4.78 is 5.27. The maximum absolute atomic E-state index is 5.96. The normalized spacial score (nSPS) is 23.5. The highest BCUT2D eigenvalue weighted by molar-refractivity contribution is 5.41. The summed E-state index contributed by atoms with van der Waals surface area (Å²) in [6, 6.07) is 0. The van der Waals surface area contributed by atoms with E-state index < -0.39 is 0 Å². The van der Waals surface area contributed by atoms with Crippen molar-refractivity contribution in [3.8, 4) is 0 Å². The van der Waals surface area contributed by atoms with Crippen LogP contribution in [0, 0.1) is 11.3 Å². The molecule has 0 spiro atoms. The first kappa shape index (κ1) is 13.4. The molecule has 3 nitrogen and oxygen atoms in total. The zero-order valence-electron chi connectivity index (χ0n) is 12.1. The van der Waals surface area contributed by atoms with Gasteiger partial charge in [-0.2, -0.15) is 0 Å². The van der Waals surface area contributed by atoms with Crippen molar-refractivity contribution < 1.29 is 4.52 Å². The van der Waals surface area contributed by atoms with Gasteiger partial charge in [-0.15, -0.1) is 0 Å². The molecule has 0 aliphatic heterocycles. The smallest absolute Gasteiger partial charge is 0.225 e.